The van der Waals surface area contributed by atoms with Crippen LogP contribution in [0.1, 0.15) is 6.92 Å². The smallest absolute Gasteiger partial charge is 0.222 e. The van der Waals surface area contributed by atoms with Crippen LogP contribution in [0.25, 0.3) is 0 Å². The first-order chi connectivity index (χ1) is 6.72. The van der Waals surface area contributed by atoms with E-state index in [9.17, 15) is 4.79 Å². The normalized spacial score (nSPS) is 9.14. The molecule has 0 unspecified atom stereocenters. The number of hydrogen-bond acceptors (Lipinski definition) is 5. The molecule has 1 amide bonds. The maximum absolute atomic E-state index is 10.6. The fourth-order valence-electron chi connectivity index (χ4n) is 0.750. The van der Waals surface area contributed by atoms with Gasteiger partial charge in [0.25, 0.3) is 0 Å². The highest BCUT2D eigenvalue weighted by atomic mass is 32.2. The molecule has 0 radical (unpaired) electrons. The van der Waals surface area contributed by atoms with Crippen molar-refractivity contribution in [3.63, 3.8) is 0 Å². The maximum atomic E-state index is 10.6. The number of carbonyl (C=O) groups excluding carboxylic acids is 1. The molecule has 1 rings (SSSR count). The number of amides is 1. The average molecular weight is 208 g/mol. The van der Waals surface area contributed by atoms with Gasteiger partial charge in [-0.2, -0.15) is 5.26 Å². The standard InChI is InChI=1S/C8H8N4OS/c1-6(13)10-7-2-3-8(12-11-7)14-5-4-9/h2-3H,5H2,1H3,(H,10,11,13). The topological polar surface area (TPSA) is 78.7 Å². The van der Waals surface area contributed by atoms with Crippen LogP contribution in [0, 0.1) is 11.3 Å². The van der Waals surface area contributed by atoms with Crippen LogP contribution in [0.5, 0.6) is 0 Å². The fourth-order valence-corrected chi connectivity index (χ4v) is 1.23. The lowest BCUT2D eigenvalue weighted by Crippen LogP contribution is -2.07. The summed E-state index contributed by atoms with van der Waals surface area (Å²) in [4.78, 5) is 10.6. The minimum atomic E-state index is -0.184. The third-order valence-electron chi connectivity index (χ3n) is 1.23. The van der Waals surface area contributed by atoms with Crippen LogP contribution in [-0.4, -0.2) is 21.9 Å². The molecule has 0 bridgehead atoms. The van der Waals surface area contributed by atoms with Crippen molar-refractivity contribution in [1.29, 1.82) is 5.26 Å². The second-order valence-electron chi connectivity index (χ2n) is 2.38. The first kappa shape index (κ1) is 10.5. The maximum Gasteiger partial charge on any atom is 0.222 e. The van der Waals surface area contributed by atoms with Crippen molar-refractivity contribution in [3.05, 3.63) is 12.1 Å². The lowest BCUT2D eigenvalue weighted by molar-refractivity contribution is -0.114. The van der Waals surface area contributed by atoms with Gasteiger partial charge in [0, 0.05) is 6.92 Å². The van der Waals surface area contributed by atoms with Gasteiger partial charge in [-0.1, -0.05) is 11.8 Å². The van der Waals surface area contributed by atoms with Gasteiger partial charge in [-0.3, -0.25) is 4.79 Å². The second-order valence-corrected chi connectivity index (χ2v) is 3.38. The van der Waals surface area contributed by atoms with Crippen molar-refractivity contribution >= 4 is 23.5 Å². The molecule has 0 spiro atoms. The van der Waals surface area contributed by atoms with Crippen molar-refractivity contribution in [2.45, 2.75) is 11.9 Å². The van der Waals surface area contributed by atoms with E-state index in [4.69, 9.17) is 5.26 Å². The summed E-state index contributed by atoms with van der Waals surface area (Å²) in [6.07, 6.45) is 0. The molecular formula is C8H8N4OS. The number of nitriles is 1. The molecule has 0 aliphatic heterocycles. The summed E-state index contributed by atoms with van der Waals surface area (Å²) in [5.74, 6) is 0.573. The van der Waals surface area contributed by atoms with Crippen LogP contribution < -0.4 is 5.32 Å². The monoisotopic (exact) mass is 208 g/mol. The Morgan fingerprint density at radius 2 is 2.43 bits per heavy atom. The summed E-state index contributed by atoms with van der Waals surface area (Å²) >= 11 is 1.30. The molecule has 1 aromatic heterocycles. The molecule has 14 heavy (non-hydrogen) atoms. The molecule has 0 saturated carbocycles. The highest BCUT2D eigenvalue weighted by molar-refractivity contribution is 7.99. The van der Waals surface area contributed by atoms with Crippen molar-refractivity contribution in [2.75, 3.05) is 11.1 Å². The van der Waals surface area contributed by atoms with E-state index in [2.05, 4.69) is 15.5 Å². The number of aromatic nitrogens is 2. The lowest BCUT2D eigenvalue weighted by Gasteiger charge is -1.99. The predicted molar refractivity (Wildman–Crippen MR) is 52.7 cm³/mol. The number of nitrogens with zero attached hydrogens (tertiary/aromatic N) is 3. The third-order valence-corrected chi connectivity index (χ3v) is 2.02. The number of anilines is 1. The van der Waals surface area contributed by atoms with Gasteiger partial charge in [0.2, 0.25) is 5.91 Å². The molecule has 6 heteroatoms. The summed E-state index contributed by atoms with van der Waals surface area (Å²) in [5.41, 5.74) is 0. The second kappa shape index (κ2) is 5.19. The molecule has 0 atom stereocenters. The van der Waals surface area contributed by atoms with Gasteiger partial charge >= 0.3 is 0 Å². The first-order valence-electron chi connectivity index (χ1n) is 3.83. The first-order valence-corrected chi connectivity index (χ1v) is 4.82. The Hall–Kier alpha value is -1.61. The molecule has 0 aliphatic rings. The highest BCUT2D eigenvalue weighted by Crippen LogP contribution is 2.14. The lowest BCUT2D eigenvalue weighted by atomic mass is 10.5. The Morgan fingerprint density at radius 3 is 2.93 bits per heavy atom. The largest absolute Gasteiger partial charge is 0.309 e. The zero-order chi connectivity index (χ0) is 10.4. The zero-order valence-electron chi connectivity index (χ0n) is 7.52. The molecule has 0 fully saturated rings. The predicted octanol–water partition coefficient (Wildman–Crippen LogP) is 1.05. The zero-order valence-corrected chi connectivity index (χ0v) is 8.34. The third kappa shape index (κ3) is 3.41. The van der Waals surface area contributed by atoms with E-state index in [0.717, 1.165) is 0 Å². The Kier molecular flexibility index (Phi) is 3.88. The van der Waals surface area contributed by atoms with Crippen LogP contribution in [-0.2, 0) is 4.79 Å². The average Bonchev–Trinajstić information content (AvgIpc) is 2.16. The summed E-state index contributed by atoms with van der Waals surface area (Å²) in [6, 6.07) is 5.34. The molecule has 1 aromatic rings. The van der Waals surface area contributed by atoms with E-state index in [0.29, 0.717) is 16.6 Å². The van der Waals surface area contributed by atoms with E-state index >= 15 is 0 Å². The fraction of sp³-hybridized carbons (Fsp3) is 0.250. The van der Waals surface area contributed by atoms with E-state index < -0.39 is 0 Å². The molecule has 0 aromatic carbocycles. The van der Waals surface area contributed by atoms with Gasteiger partial charge in [0.1, 0.15) is 5.03 Å². The van der Waals surface area contributed by atoms with Gasteiger partial charge in [-0.25, -0.2) is 0 Å². The van der Waals surface area contributed by atoms with Crippen molar-refractivity contribution in [3.8, 4) is 6.07 Å². The SMILES string of the molecule is CC(=O)Nc1ccc(SCC#N)nn1. The van der Waals surface area contributed by atoms with Gasteiger partial charge < -0.3 is 5.32 Å². The van der Waals surface area contributed by atoms with E-state index in [1.807, 2.05) is 6.07 Å². The molecule has 1 N–H and O–H groups in total. The molecule has 0 saturated heterocycles. The number of thioether (sulfide) groups is 1. The van der Waals surface area contributed by atoms with Crippen molar-refractivity contribution in [1.82, 2.24) is 10.2 Å². The minimum Gasteiger partial charge on any atom is -0.309 e. The van der Waals surface area contributed by atoms with Crippen LogP contribution >= 0.6 is 11.8 Å². The van der Waals surface area contributed by atoms with Gasteiger partial charge in [-0.15, -0.1) is 10.2 Å². The summed E-state index contributed by atoms with van der Waals surface area (Å²) in [7, 11) is 0. The van der Waals surface area contributed by atoms with E-state index in [-0.39, 0.29) is 5.91 Å². The number of nitrogens with one attached hydrogen (secondary N) is 1. The quantitative estimate of drug-likeness (QED) is 0.751. The highest BCUT2D eigenvalue weighted by Gasteiger charge is 1.99. The Bertz CT molecular complexity index is 357. The van der Waals surface area contributed by atoms with Crippen LogP contribution in [0.4, 0.5) is 5.82 Å². The minimum absolute atomic E-state index is 0.184. The van der Waals surface area contributed by atoms with E-state index in [1.165, 1.54) is 18.7 Å². The van der Waals surface area contributed by atoms with Gasteiger partial charge in [0.15, 0.2) is 5.82 Å². The van der Waals surface area contributed by atoms with Crippen LogP contribution in [0.15, 0.2) is 17.2 Å². The van der Waals surface area contributed by atoms with Crippen molar-refractivity contribution < 1.29 is 4.79 Å². The molecule has 0 aliphatic carbocycles. The van der Waals surface area contributed by atoms with E-state index in [1.54, 1.807) is 12.1 Å². The molecular weight excluding hydrogens is 200 g/mol. The molecule has 72 valence electrons. The van der Waals surface area contributed by atoms with Gasteiger partial charge in [-0.05, 0) is 12.1 Å². The van der Waals surface area contributed by atoms with Crippen LogP contribution in [0.2, 0.25) is 0 Å². The Morgan fingerprint density at radius 1 is 1.64 bits per heavy atom. The number of hydrogen-bond donors (Lipinski definition) is 1. The van der Waals surface area contributed by atoms with Gasteiger partial charge in [0.05, 0.1) is 11.8 Å². The summed E-state index contributed by atoms with van der Waals surface area (Å²) < 4.78 is 0. The Balaban J connectivity index is 2.60. The van der Waals surface area contributed by atoms with Crippen LogP contribution in [0.3, 0.4) is 0 Å². The number of carbonyl (C=O) groups is 1. The summed E-state index contributed by atoms with van der Waals surface area (Å²) in [6.45, 7) is 1.40. The molecule has 5 nitrogen and oxygen atoms in total. The number of rotatable bonds is 3. The van der Waals surface area contributed by atoms with Crippen molar-refractivity contribution in [2.24, 2.45) is 0 Å². The summed E-state index contributed by atoms with van der Waals surface area (Å²) in [5, 5.41) is 19.1. The molecule has 1 heterocycles. The Labute approximate surface area is 85.5 Å².